The van der Waals surface area contributed by atoms with E-state index in [2.05, 4.69) is 232 Å². The van der Waals surface area contributed by atoms with E-state index in [1.807, 2.05) is 41.5 Å². The van der Waals surface area contributed by atoms with Crippen LogP contribution in [0.2, 0.25) is 66.5 Å². The van der Waals surface area contributed by atoms with Crippen molar-refractivity contribution in [3.05, 3.63) is 90.0 Å². The van der Waals surface area contributed by atoms with Gasteiger partial charge in [-0.05, 0) is 140 Å². The molecule has 8 aliphatic heterocycles. The minimum atomic E-state index is -3.11. The quantitative estimate of drug-likeness (QED) is 0.0262. The molecule has 0 aromatic carbocycles. The predicted molar refractivity (Wildman–Crippen MR) is 498 cm³/mol. The average molecular weight is 1870 g/mol. The predicted octanol–water partition coefficient (Wildman–Crippen LogP) is 13.5. The molecule has 6 aromatic rings. The van der Waals surface area contributed by atoms with E-state index in [0.29, 0.717) is 11.2 Å². The second-order valence-electron chi connectivity index (χ2n) is 42.0. The van der Waals surface area contributed by atoms with Crippen LogP contribution >= 0.6 is 0 Å². The summed E-state index contributed by atoms with van der Waals surface area (Å²) >= 11 is 0. The molecule has 0 saturated carbocycles. The van der Waals surface area contributed by atoms with Crippen LogP contribution in [0.15, 0.2) is 50.3 Å². The smallest absolute Gasteiger partial charge is 0.331 e. The molecule has 19 atom stereocenters. The molecule has 14 heterocycles. The monoisotopic (exact) mass is 1870 g/mol. The maximum Gasteiger partial charge on any atom is 0.331 e. The Bertz CT molecular complexity index is 5520. The maximum absolute atomic E-state index is 15.5. The lowest BCUT2D eigenvalue weighted by Crippen LogP contribution is -2.53. The number of nitrogens with zero attached hydrogens (tertiary/aromatic N) is 10. The number of fused-ring (bicyclic) bond motifs is 6. The molecule has 0 amide bonds. The minimum absolute atomic E-state index is 0.0139. The van der Waals surface area contributed by atoms with Crippen molar-refractivity contribution < 1.29 is 74.5 Å². The fourth-order valence-electron chi connectivity index (χ4n) is 23.8. The number of anilines is 2. The second-order valence-corrected chi connectivity index (χ2v) is 63.7. The summed E-state index contributed by atoms with van der Waals surface area (Å²) in [5.74, 6) is 16.4. The minimum Gasteiger partial charge on any atom is -0.413 e. The van der Waals surface area contributed by atoms with Gasteiger partial charge in [0.05, 0.1) is 12.9 Å². The highest BCUT2D eigenvalue weighted by molar-refractivity contribution is 6.79. The van der Waals surface area contributed by atoms with Crippen molar-refractivity contribution in [3.63, 3.8) is 0 Å². The number of H-pyrrole nitrogens is 2. The Morgan fingerprint density at radius 1 is 0.385 bits per heavy atom. The first-order valence-corrected chi connectivity index (χ1v) is 55.1. The fourth-order valence-corrected chi connectivity index (χ4v) is 45.6. The molecular weight excluding hydrogens is 1730 g/mol. The van der Waals surface area contributed by atoms with E-state index in [1.54, 1.807) is 29.3 Å². The first kappa shape index (κ1) is 98.9. The van der Waals surface area contributed by atoms with Crippen LogP contribution in [0, 0.1) is 35.5 Å². The molecular formula is C92H140N14O20Si4. The van der Waals surface area contributed by atoms with Crippen LogP contribution in [-0.2, 0) is 74.5 Å². The summed E-state index contributed by atoms with van der Waals surface area (Å²) in [5, 5.41) is 0. The summed E-state index contributed by atoms with van der Waals surface area (Å²) in [6.45, 7) is 67.0. The number of rotatable bonds is 28. The topological polar surface area (TPSA) is 397 Å². The standard InChI is InChI=1S/C92H140N14O20Si4/c1-45(2)127(46(3)4,47(5)6)111-41-62-71-75(120-89(25,26)116-71)84(112-62)104-57(39-64(107)101-87(104)109)33-35-59(124-128(48(7)8,49(9)10)50(11)12)69-73-77(122-91(29,30)118-73)85(114-69)105-58(40-65(108)102-88(105)110)34-36-60(125-129(51(13)14,52(15)16)53(17)18)70-74-78(123-92(31,32)119-74)86(115-70)106-63(100-67-80(94)96-43-98-82(67)106)38-37-61(126-130(54(19)20,55(21)22)56(23)24)68-72-76(121-90(27,28)117-72)83(113-68)103-44-99-66-79(93)95-42-97-81(66)103/h39-40,42-56,59-62,68-78,83-86H,41H2,1-32H3,(H2,93,95,97)(H2,94,96,98)(H,101,107,109)(H,102,108,110). The van der Waals surface area contributed by atoms with Gasteiger partial charge < -0.3 is 86.0 Å². The fraction of sp³-hybridized carbons (Fsp3) is 0.739. The third-order valence-electron chi connectivity index (χ3n) is 28.4. The van der Waals surface area contributed by atoms with Crippen molar-refractivity contribution >= 4 is 67.2 Å². The number of aromatic nitrogens is 12. The number of aromatic amines is 2. The van der Waals surface area contributed by atoms with Crippen LogP contribution in [0.4, 0.5) is 11.6 Å². The molecule has 0 radical (unpaired) electrons. The number of nitrogens with one attached hydrogen (secondary N) is 2. The van der Waals surface area contributed by atoms with Crippen LogP contribution < -0.4 is 34.0 Å². The number of imidazole rings is 2. The lowest BCUT2D eigenvalue weighted by molar-refractivity contribution is -0.203. The summed E-state index contributed by atoms with van der Waals surface area (Å²) in [6, 6.07) is 2.49. The van der Waals surface area contributed by atoms with Crippen molar-refractivity contribution in [2.75, 3.05) is 18.1 Å². The highest BCUT2D eigenvalue weighted by atomic mass is 28.4. The van der Waals surface area contributed by atoms with E-state index in [4.69, 9.17) is 96.0 Å². The van der Waals surface area contributed by atoms with Crippen LogP contribution in [0.3, 0.4) is 0 Å². The molecule has 0 aliphatic carbocycles. The Hall–Kier alpha value is -7.03. The van der Waals surface area contributed by atoms with Gasteiger partial charge >= 0.3 is 11.4 Å². The number of nitrogen functional groups attached to an aromatic ring is 2. The zero-order valence-corrected chi connectivity index (χ0v) is 85.8. The Labute approximate surface area is 767 Å². The van der Waals surface area contributed by atoms with Gasteiger partial charge in [0.1, 0.15) is 121 Å². The van der Waals surface area contributed by atoms with Crippen LogP contribution in [-0.4, -0.2) is 213 Å². The molecule has 130 heavy (non-hydrogen) atoms. The highest BCUT2D eigenvalue weighted by Crippen LogP contribution is 2.55. The van der Waals surface area contributed by atoms with Gasteiger partial charge in [0.25, 0.3) is 11.1 Å². The highest BCUT2D eigenvalue weighted by Gasteiger charge is 2.66. The van der Waals surface area contributed by atoms with E-state index in [9.17, 15) is 14.4 Å². The first-order chi connectivity index (χ1) is 60.7. The number of hydrogen-bond donors (Lipinski definition) is 4. The Morgan fingerprint density at radius 3 is 1.08 bits per heavy atom. The SMILES string of the molecule is CC(C)[Si](OCC1OC(n2c(C#CC(O[Si](C(C)C)(C(C)C)C(C)C)C3OC(n4c(C#CC(O[Si](C(C)C)(C(C)C)C(C)C)C5OC(n6c(C#CC(O[Si](C(C)C)(C(C)C)C(C)C)C7OC(n8cnc9c(N)ncnc98)C8OC(C)(C)OC78)nc7c(N)ncnc76)C6OC(C)(C)OC56)cc(=O)[nH]c4=O)C4OC(C)(C)OC34)cc(=O)[nH]c2=O)C2OC(C)(C)OC12)(C(C)C)C(C)C. The summed E-state index contributed by atoms with van der Waals surface area (Å²) < 4.78 is 121. The van der Waals surface area contributed by atoms with Gasteiger partial charge in [-0.3, -0.25) is 37.8 Å². The summed E-state index contributed by atoms with van der Waals surface area (Å²) in [4.78, 5) is 91.5. The number of nitrogens with two attached hydrogens (primary N) is 2. The molecule has 0 bridgehead atoms. The van der Waals surface area contributed by atoms with E-state index < -0.39 is 195 Å². The van der Waals surface area contributed by atoms with Crippen LogP contribution in [0.5, 0.6) is 0 Å². The summed E-state index contributed by atoms with van der Waals surface area (Å²) in [7, 11) is -11.6. The zero-order chi connectivity index (χ0) is 95.2. The third-order valence-corrected chi connectivity index (χ3v) is 52.7. The third kappa shape index (κ3) is 17.7. The van der Waals surface area contributed by atoms with Crippen LogP contribution in [0.1, 0.15) is 264 Å². The Kier molecular flexibility index (Phi) is 27.8. The molecule has 19 unspecified atom stereocenters. The van der Waals surface area contributed by atoms with Crippen molar-refractivity contribution in [1.29, 1.82) is 0 Å². The largest absolute Gasteiger partial charge is 0.413 e. The van der Waals surface area contributed by atoms with Gasteiger partial charge in [0.15, 0.2) is 90.6 Å². The molecule has 0 spiro atoms. The van der Waals surface area contributed by atoms with E-state index in [0.717, 1.165) is 0 Å². The van der Waals surface area contributed by atoms with Gasteiger partial charge in [-0.1, -0.05) is 184 Å². The second kappa shape index (κ2) is 36.6. The van der Waals surface area contributed by atoms with Crippen molar-refractivity contribution in [3.8, 4) is 35.5 Å². The lowest BCUT2D eigenvalue weighted by Gasteiger charge is -2.45. The Morgan fingerprint density at radius 2 is 0.700 bits per heavy atom. The first-order valence-electron chi connectivity index (χ1n) is 46.6. The number of hydrogen-bond acceptors (Lipinski definition) is 28. The lowest BCUT2D eigenvalue weighted by atomic mass is 10.1. The maximum atomic E-state index is 15.5. The van der Waals surface area contributed by atoms with Gasteiger partial charge in [0, 0.05) is 12.1 Å². The molecule has 8 saturated heterocycles. The van der Waals surface area contributed by atoms with E-state index in [-0.39, 0.29) is 113 Å². The van der Waals surface area contributed by atoms with Crippen molar-refractivity contribution in [2.24, 2.45) is 0 Å². The average Bonchev–Trinajstić information content (AvgIpc) is 1.58. The molecule has 8 fully saturated rings. The zero-order valence-electron chi connectivity index (χ0n) is 81.8. The number of ether oxygens (including phenoxy) is 12. The summed E-state index contributed by atoms with van der Waals surface area (Å²) in [5.41, 5.74) is 12.2. The van der Waals surface area contributed by atoms with E-state index in [1.165, 1.54) is 33.9 Å². The van der Waals surface area contributed by atoms with Gasteiger partial charge in [0.2, 0.25) is 25.0 Å². The molecule has 6 N–H and O–H groups in total. The summed E-state index contributed by atoms with van der Waals surface area (Å²) in [6.07, 6.45) is -14.7. The normalized spacial score (nSPS) is 28.3. The molecule has 34 nitrogen and oxygen atoms in total. The molecule has 6 aromatic heterocycles. The van der Waals surface area contributed by atoms with Gasteiger partial charge in [-0.25, -0.2) is 39.5 Å². The van der Waals surface area contributed by atoms with E-state index >= 15 is 4.79 Å². The molecule has 714 valence electrons. The van der Waals surface area contributed by atoms with Crippen LogP contribution in [0.25, 0.3) is 22.3 Å². The van der Waals surface area contributed by atoms with Gasteiger partial charge in [-0.2, -0.15) is 0 Å². The van der Waals surface area contributed by atoms with Crippen molar-refractivity contribution in [2.45, 2.75) is 428 Å². The van der Waals surface area contributed by atoms with Gasteiger partial charge in [-0.15, -0.1) is 0 Å². The van der Waals surface area contributed by atoms with Crippen molar-refractivity contribution in [1.82, 2.24) is 58.1 Å². The molecule has 14 rings (SSSR count). The Balaban J connectivity index is 0.886. The molecule has 8 aliphatic rings. The molecule has 38 heteroatoms.